The molecule has 1 amide bonds. The Bertz CT molecular complexity index is 548. The van der Waals surface area contributed by atoms with E-state index >= 15 is 0 Å². The van der Waals surface area contributed by atoms with Gasteiger partial charge in [0.15, 0.2) is 0 Å². The van der Waals surface area contributed by atoms with Crippen LogP contribution >= 0.6 is 0 Å². The Kier molecular flexibility index (Phi) is 5.13. The van der Waals surface area contributed by atoms with E-state index < -0.39 is 0 Å². The molecule has 0 unspecified atom stereocenters. The van der Waals surface area contributed by atoms with Gasteiger partial charge in [-0.2, -0.15) is 0 Å². The van der Waals surface area contributed by atoms with E-state index in [0.717, 1.165) is 12.1 Å². The van der Waals surface area contributed by atoms with E-state index in [0.29, 0.717) is 12.0 Å². The lowest BCUT2D eigenvalue weighted by molar-refractivity contribution is 0.0772. The number of aryl methyl sites for hydroxylation is 1. The Labute approximate surface area is 141 Å². The van der Waals surface area contributed by atoms with Gasteiger partial charge in [0.05, 0.1) is 5.56 Å². The van der Waals surface area contributed by atoms with Crippen molar-refractivity contribution < 1.29 is 4.79 Å². The van der Waals surface area contributed by atoms with Crippen molar-refractivity contribution in [3.8, 4) is 0 Å². The summed E-state index contributed by atoms with van der Waals surface area (Å²) in [6.45, 7) is 5.22. The summed E-state index contributed by atoms with van der Waals surface area (Å²) in [5, 5.41) is 0. The maximum atomic E-state index is 12.9. The summed E-state index contributed by atoms with van der Waals surface area (Å²) in [5.74, 6) is 0.929. The molecule has 0 saturated heterocycles. The summed E-state index contributed by atoms with van der Waals surface area (Å²) >= 11 is 0. The maximum absolute atomic E-state index is 12.9. The minimum absolute atomic E-state index is 0.215. The van der Waals surface area contributed by atoms with Crippen molar-refractivity contribution in [2.75, 3.05) is 13.6 Å². The third-order valence-electron chi connectivity index (χ3n) is 6.01. The van der Waals surface area contributed by atoms with Crippen LogP contribution in [0.1, 0.15) is 85.6 Å². The molecular formula is C20H32N2O. The first-order chi connectivity index (χ1) is 11.1. The quantitative estimate of drug-likeness (QED) is 0.777. The molecular weight excluding hydrogens is 284 g/mol. The summed E-state index contributed by atoms with van der Waals surface area (Å²) in [4.78, 5) is 14.9. The fourth-order valence-corrected chi connectivity index (χ4v) is 4.76. The SMILES string of the molecule is Cc1cc(C(=O)N(C)CC2CCCC2)c(C)n1C1CCCCC1. The zero-order chi connectivity index (χ0) is 16.4. The van der Waals surface area contributed by atoms with Gasteiger partial charge in [-0.3, -0.25) is 4.79 Å². The van der Waals surface area contributed by atoms with Crippen LogP contribution in [0.5, 0.6) is 0 Å². The molecule has 3 nitrogen and oxygen atoms in total. The van der Waals surface area contributed by atoms with Gasteiger partial charge in [0.25, 0.3) is 5.91 Å². The van der Waals surface area contributed by atoms with Crippen LogP contribution in [0.3, 0.4) is 0 Å². The van der Waals surface area contributed by atoms with Crippen LogP contribution in [0.25, 0.3) is 0 Å². The molecule has 0 N–H and O–H groups in total. The lowest BCUT2D eigenvalue weighted by Crippen LogP contribution is -2.31. The van der Waals surface area contributed by atoms with Crippen LogP contribution in [-0.4, -0.2) is 29.0 Å². The summed E-state index contributed by atoms with van der Waals surface area (Å²) in [7, 11) is 1.98. The van der Waals surface area contributed by atoms with Crippen LogP contribution in [-0.2, 0) is 0 Å². The van der Waals surface area contributed by atoms with Gasteiger partial charge in [-0.05, 0) is 51.5 Å². The summed E-state index contributed by atoms with van der Waals surface area (Å²) in [5.41, 5.74) is 3.36. The van der Waals surface area contributed by atoms with Crippen LogP contribution in [0, 0.1) is 19.8 Å². The second-order valence-corrected chi connectivity index (χ2v) is 7.78. The first-order valence-electron chi connectivity index (χ1n) is 9.52. The van der Waals surface area contributed by atoms with E-state index in [1.165, 1.54) is 69.2 Å². The van der Waals surface area contributed by atoms with Crippen LogP contribution in [0.4, 0.5) is 0 Å². The lowest BCUT2D eigenvalue weighted by atomic mass is 9.95. The molecule has 0 spiro atoms. The van der Waals surface area contributed by atoms with E-state index in [4.69, 9.17) is 0 Å². The molecule has 1 heterocycles. The van der Waals surface area contributed by atoms with E-state index in [1.807, 2.05) is 11.9 Å². The van der Waals surface area contributed by atoms with Crippen molar-refractivity contribution in [2.45, 2.75) is 77.7 Å². The molecule has 128 valence electrons. The van der Waals surface area contributed by atoms with Gasteiger partial charge in [-0.15, -0.1) is 0 Å². The molecule has 1 aromatic heterocycles. The number of hydrogen-bond donors (Lipinski definition) is 0. The molecule has 0 aromatic carbocycles. The van der Waals surface area contributed by atoms with E-state index in [-0.39, 0.29) is 5.91 Å². The molecule has 0 bridgehead atoms. The number of hydrogen-bond acceptors (Lipinski definition) is 1. The van der Waals surface area contributed by atoms with Crippen LogP contribution in [0.2, 0.25) is 0 Å². The van der Waals surface area contributed by atoms with Gasteiger partial charge < -0.3 is 9.47 Å². The average molecular weight is 316 g/mol. The molecule has 2 fully saturated rings. The molecule has 2 aliphatic carbocycles. The van der Waals surface area contributed by atoms with Crippen molar-refractivity contribution >= 4 is 5.91 Å². The first-order valence-corrected chi connectivity index (χ1v) is 9.52. The second kappa shape index (κ2) is 7.11. The third-order valence-corrected chi connectivity index (χ3v) is 6.01. The summed E-state index contributed by atoms with van der Waals surface area (Å²) < 4.78 is 2.44. The van der Waals surface area contributed by atoms with Gasteiger partial charge in [0, 0.05) is 31.0 Å². The normalized spacial score (nSPS) is 20.1. The van der Waals surface area contributed by atoms with E-state index in [1.54, 1.807) is 0 Å². The van der Waals surface area contributed by atoms with Gasteiger partial charge in [0.2, 0.25) is 0 Å². The fourth-order valence-electron chi connectivity index (χ4n) is 4.76. The Morgan fingerprint density at radius 3 is 2.35 bits per heavy atom. The highest BCUT2D eigenvalue weighted by molar-refractivity contribution is 5.95. The molecule has 2 aliphatic rings. The Balaban J connectivity index is 1.75. The highest BCUT2D eigenvalue weighted by Gasteiger charge is 2.25. The standard InChI is InChI=1S/C20H32N2O/c1-15-13-19(16(2)22(15)18-11-5-4-6-12-18)20(23)21(3)14-17-9-7-8-10-17/h13,17-18H,4-12,14H2,1-3H3. The maximum Gasteiger partial charge on any atom is 0.255 e. The van der Waals surface area contributed by atoms with Gasteiger partial charge in [-0.25, -0.2) is 0 Å². The van der Waals surface area contributed by atoms with Gasteiger partial charge in [0.1, 0.15) is 0 Å². The minimum Gasteiger partial charge on any atom is -0.345 e. The van der Waals surface area contributed by atoms with Crippen LogP contribution < -0.4 is 0 Å². The average Bonchev–Trinajstić information content (AvgIpc) is 3.15. The molecule has 0 atom stereocenters. The number of amides is 1. The van der Waals surface area contributed by atoms with E-state index in [9.17, 15) is 4.79 Å². The minimum atomic E-state index is 0.215. The van der Waals surface area contributed by atoms with Crippen molar-refractivity contribution in [1.82, 2.24) is 9.47 Å². The third kappa shape index (κ3) is 3.49. The molecule has 1 aromatic rings. The monoisotopic (exact) mass is 316 g/mol. The van der Waals surface area contributed by atoms with E-state index in [2.05, 4.69) is 24.5 Å². The lowest BCUT2D eigenvalue weighted by Gasteiger charge is -2.27. The summed E-state index contributed by atoms with van der Waals surface area (Å²) in [6, 6.07) is 2.72. The topological polar surface area (TPSA) is 25.2 Å². The number of carbonyl (C=O) groups is 1. The predicted molar refractivity (Wildman–Crippen MR) is 94.9 cm³/mol. The Morgan fingerprint density at radius 1 is 1.09 bits per heavy atom. The highest BCUT2D eigenvalue weighted by atomic mass is 16.2. The number of carbonyl (C=O) groups excluding carboxylic acids is 1. The van der Waals surface area contributed by atoms with Crippen molar-refractivity contribution in [1.29, 1.82) is 0 Å². The molecule has 0 radical (unpaired) electrons. The molecule has 3 heteroatoms. The first kappa shape index (κ1) is 16.6. The largest absolute Gasteiger partial charge is 0.345 e. The number of rotatable bonds is 4. The fraction of sp³-hybridized carbons (Fsp3) is 0.750. The molecule has 0 aliphatic heterocycles. The zero-order valence-corrected chi connectivity index (χ0v) is 15.1. The molecule has 2 saturated carbocycles. The van der Waals surface area contributed by atoms with Crippen molar-refractivity contribution in [2.24, 2.45) is 5.92 Å². The smallest absolute Gasteiger partial charge is 0.255 e. The predicted octanol–water partition coefficient (Wildman–Crippen LogP) is 4.87. The van der Waals surface area contributed by atoms with Gasteiger partial charge >= 0.3 is 0 Å². The highest BCUT2D eigenvalue weighted by Crippen LogP contribution is 2.32. The van der Waals surface area contributed by atoms with Gasteiger partial charge in [-0.1, -0.05) is 32.1 Å². The van der Waals surface area contributed by atoms with Crippen LogP contribution in [0.15, 0.2) is 6.07 Å². The number of aromatic nitrogens is 1. The summed E-state index contributed by atoms with van der Waals surface area (Å²) in [6.07, 6.45) is 11.8. The zero-order valence-electron chi connectivity index (χ0n) is 15.1. The van der Waals surface area contributed by atoms with Crippen molar-refractivity contribution in [3.63, 3.8) is 0 Å². The molecule has 3 rings (SSSR count). The Hall–Kier alpha value is -1.25. The second-order valence-electron chi connectivity index (χ2n) is 7.78. The Morgan fingerprint density at radius 2 is 1.70 bits per heavy atom. The molecule has 23 heavy (non-hydrogen) atoms. The van der Waals surface area contributed by atoms with Crippen molar-refractivity contribution in [3.05, 3.63) is 23.0 Å². The number of nitrogens with zero attached hydrogens (tertiary/aromatic N) is 2.